The fraction of sp³-hybridized carbons (Fsp3) is 0.667. The van der Waals surface area contributed by atoms with Crippen LogP contribution in [-0.2, 0) is 15.6 Å². The largest absolute Gasteiger partial charge is 0.354 e. The molecule has 0 aliphatic heterocycles. The lowest BCUT2D eigenvalue weighted by Crippen LogP contribution is -2.43. The Morgan fingerprint density at radius 2 is 2.29 bits per heavy atom. The molecule has 1 amide bonds. The number of rotatable bonds is 6. The van der Waals surface area contributed by atoms with E-state index in [0.717, 1.165) is 0 Å². The van der Waals surface area contributed by atoms with Gasteiger partial charge in [-0.25, -0.2) is 0 Å². The van der Waals surface area contributed by atoms with E-state index in [0.29, 0.717) is 13.0 Å². The molecule has 0 rings (SSSR count). The Balaban J connectivity index is 3.84. The van der Waals surface area contributed by atoms with Gasteiger partial charge in [0.25, 0.3) is 0 Å². The van der Waals surface area contributed by atoms with Gasteiger partial charge in [0.2, 0.25) is 5.91 Å². The summed E-state index contributed by atoms with van der Waals surface area (Å²) in [5, 5.41) is 2.60. The van der Waals surface area contributed by atoms with Crippen molar-refractivity contribution in [2.75, 3.05) is 12.8 Å². The van der Waals surface area contributed by atoms with Crippen LogP contribution >= 0.6 is 0 Å². The number of hydrogen-bond acceptors (Lipinski definition) is 3. The Bertz CT molecular complexity index is 231. The van der Waals surface area contributed by atoms with Crippen molar-refractivity contribution in [1.82, 2.24) is 5.32 Å². The molecule has 0 heterocycles. The third kappa shape index (κ3) is 5.14. The second kappa shape index (κ2) is 6.73. The van der Waals surface area contributed by atoms with Crippen LogP contribution in [0.2, 0.25) is 0 Å². The normalized spacial score (nSPS) is 16.8. The van der Waals surface area contributed by atoms with Gasteiger partial charge in [-0.05, 0) is 13.3 Å². The van der Waals surface area contributed by atoms with Gasteiger partial charge in [-0.2, -0.15) is 0 Å². The Morgan fingerprint density at radius 1 is 1.71 bits per heavy atom. The lowest BCUT2D eigenvalue weighted by molar-refractivity contribution is -0.122. The molecule has 3 unspecified atom stereocenters. The second-order valence-electron chi connectivity index (χ2n) is 3.19. The molecule has 3 N–H and O–H groups in total. The van der Waals surface area contributed by atoms with Crippen LogP contribution in [0.4, 0.5) is 0 Å². The molecule has 3 atom stereocenters. The maximum Gasteiger partial charge on any atom is 0.237 e. The van der Waals surface area contributed by atoms with Crippen LogP contribution in [0.25, 0.3) is 0 Å². The number of nitrogens with one attached hydrogen (secondary N) is 1. The second-order valence-corrected chi connectivity index (χ2v) is 4.99. The summed E-state index contributed by atoms with van der Waals surface area (Å²) in [5.41, 5.74) is 5.53. The molecule has 5 heteroatoms. The van der Waals surface area contributed by atoms with Gasteiger partial charge in [-0.1, -0.05) is 6.08 Å². The lowest BCUT2D eigenvalue weighted by atomic mass is 10.2. The lowest BCUT2D eigenvalue weighted by Gasteiger charge is -2.13. The van der Waals surface area contributed by atoms with Crippen LogP contribution in [0.5, 0.6) is 0 Å². The predicted molar refractivity (Wildman–Crippen MR) is 59.3 cm³/mol. The molecule has 0 aliphatic rings. The third-order valence-corrected chi connectivity index (χ3v) is 3.19. The number of carbonyl (C=O) groups is 1. The Morgan fingerprint density at radius 3 is 2.71 bits per heavy atom. The van der Waals surface area contributed by atoms with E-state index >= 15 is 0 Å². The molecular formula is C9H18N2O2S. The van der Waals surface area contributed by atoms with Gasteiger partial charge in [0.1, 0.15) is 0 Å². The number of carbonyl (C=O) groups excluding carboxylic acids is 1. The van der Waals surface area contributed by atoms with E-state index in [-0.39, 0.29) is 11.2 Å². The minimum atomic E-state index is -0.919. The molecule has 0 bridgehead atoms. The molecule has 4 nitrogen and oxygen atoms in total. The first-order valence-corrected chi connectivity index (χ1v) is 6.07. The molecule has 0 aromatic heterocycles. The maximum atomic E-state index is 11.3. The molecule has 0 aromatic rings. The van der Waals surface area contributed by atoms with Crippen molar-refractivity contribution in [3.63, 3.8) is 0 Å². The molecule has 0 fully saturated rings. The Labute approximate surface area is 87.4 Å². The van der Waals surface area contributed by atoms with Gasteiger partial charge in [0, 0.05) is 28.9 Å². The summed E-state index contributed by atoms with van der Waals surface area (Å²) in [6, 6.07) is -0.551. The molecule has 14 heavy (non-hydrogen) atoms. The average Bonchev–Trinajstić information content (AvgIpc) is 2.13. The van der Waals surface area contributed by atoms with Crippen molar-refractivity contribution in [3.05, 3.63) is 12.7 Å². The van der Waals surface area contributed by atoms with Crippen molar-refractivity contribution < 1.29 is 9.00 Å². The molecule has 0 spiro atoms. The summed E-state index contributed by atoms with van der Waals surface area (Å²) < 4.78 is 11.0. The van der Waals surface area contributed by atoms with Crippen LogP contribution in [0, 0.1) is 0 Å². The van der Waals surface area contributed by atoms with Crippen LogP contribution in [0.1, 0.15) is 13.3 Å². The topological polar surface area (TPSA) is 72.2 Å². The summed E-state index contributed by atoms with van der Waals surface area (Å²) in [4.78, 5) is 11.3. The van der Waals surface area contributed by atoms with Crippen molar-refractivity contribution in [2.45, 2.75) is 24.6 Å². The summed E-state index contributed by atoms with van der Waals surface area (Å²) in [6.07, 6.45) is 3.67. The maximum absolute atomic E-state index is 11.3. The zero-order valence-corrected chi connectivity index (χ0v) is 9.47. The summed E-state index contributed by atoms with van der Waals surface area (Å²) >= 11 is 0. The predicted octanol–water partition coefficient (Wildman–Crippen LogP) is -0.227. The van der Waals surface area contributed by atoms with Gasteiger partial charge >= 0.3 is 0 Å². The minimum Gasteiger partial charge on any atom is -0.354 e. The van der Waals surface area contributed by atoms with Gasteiger partial charge in [-0.3, -0.25) is 9.00 Å². The van der Waals surface area contributed by atoms with E-state index < -0.39 is 16.8 Å². The highest BCUT2D eigenvalue weighted by molar-refractivity contribution is 7.84. The number of amides is 1. The van der Waals surface area contributed by atoms with E-state index in [9.17, 15) is 9.00 Å². The summed E-state index contributed by atoms with van der Waals surface area (Å²) in [5.74, 6) is -0.220. The smallest absolute Gasteiger partial charge is 0.237 e. The highest BCUT2D eigenvalue weighted by Gasteiger charge is 2.13. The summed E-state index contributed by atoms with van der Waals surface area (Å²) in [6.45, 7) is 5.71. The molecule has 0 radical (unpaired) electrons. The van der Waals surface area contributed by atoms with E-state index in [2.05, 4.69) is 11.9 Å². The SMILES string of the molecule is C=CCC(N)C(=O)NCC(C)S(C)=O. The highest BCUT2D eigenvalue weighted by Crippen LogP contribution is 1.92. The van der Waals surface area contributed by atoms with E-state index in [1.807, 2.05) is 6.92 Å². The van der Waals surface area contributed by atoms with Crippen molar-refractivity contribution >= 4 is 16.7 Å². The molecule has 0 saturated heterocycles. The number of hydrogen-bond donors (Lipinski definition) is 2. The molecule has 0 aliphatic carbocycles. The van der Waals surface area contributed by atoms with Gasteiger partial charge < -0.3 is 11.1 Å². The van der Waals surface area contributed by atoms with Crippen LogP contribution in [0.15, 0.2) is 12.7 Å². The quantitative estimate of drug-likeness (QED) is 0.605. The van der Waals surface area contributed by atoms with Gasteiger partial charge in [-0.15, -0.1) is 6.58 Å². The van der Waals surface area contributed by atoms with Gasteiger partial charge in [0.15, 0.2) is 0 Å². The molecule has 0 saturated carbocycles. The van der Waals surface area contributed by atoms with Crippen molar-refractivity contribution in [1.29, 1.82) is 0 Å². The fourth-order valence-corrected chi connectivity index (χ4v) is 1.10. The van der Waals surface area contributed by atoms with Crippen LogP contribution in [0.3, 0.4) is 0 Å². The van der Waals surface area contributed by atoms with Crippen LogP contribution < -0.4 is 11.1 Å². The zero-order chi connectivity index (χ0) is 11.1. The minimum absolute atomic E-state index is 0.0464. The standard InChI is InChI=1S/C9H18N2O2S/c1-4-5-8(10)9(12)11-6-7(2)14(3)13/h4,7-8H,1,5-6,10H2,2-3H3,(H,11,12). The number of nitrogens with two attached hydrogens (primary N) is 1. The van der Waals surface area contributed by atoms with Crippen molar-refractivity contribution in [3.8, 4) is 0 Å². The first kappa shape index (κ1) is 13.3. The average molecular weight is 218 g/mol. The zero-order valence-electron chi connectivity index (χ0n) is 8.66. The van der Waals surface area contributed by atoms with E-state index in [1.54, 1.807) is 12.3 Å². The van der Waals surface area contributed by atoms with E-state index in [4.69, 9.17) is 5.73 Å². The fourth-order valence-electron chi connectivity index (χ4n) is 0.779. The monoisotopic (exact) mass is 218 g/mol. The Kier molecular flexibility index (Phi) is 6.40. The van der Waals surface area contributed by atoms with Gasteiger partial charge in [0.05, 0.1) is 6.04 Å². The summed E-state index contributed by atoms with van der Waals surface area (Å²) in [7, 11) is -0.919. The molecular weight excluding hydrogens is 200 g/mol. The first-order chi connectivity index (χ1) is 6.49. The molecule has 0 aromatic carbocycles. The van der Waals surface area contributed by atoms with Crippen molar-refractivity contribution in [2.24, 2.45) is 5.73 Å². The molecule has 82 valence electrons. The highest BCUT2D eigenvalue weighted by atomic mass is 32.2. The Hall–Kier alpha value is -0.680. The first-order valence-electron chi connectivity index (χ1n) is 4.45. The van der Waals surface area contributed by atoms with E-state index in [1.165, 1.54) is 0 Å². The van der Waals surface area contributed by atoms with Crippen LogP contribution in [-0.4, -0.2) is 34.2 Å². The third-order valence-electron chi connectivity index (χ3n) is 1.89.